The van der Waals surface area contributed by atoms with Crippen molar-refractivity contribution in [1.29, 1.82) is 0 Å². The number of para-hydroxylation sites is 1. The summed E-state index contributed by atoms with van der Waals surface area (Å²) >= 11 is 1.83. The zero-order valence-corrected chi connectivity index (χ0v) is 32.7. The van der Waals surface area contributed by atoms with E-state index in [9.17, 15) is 0 Å². The van der Waals surface area contributed by atoms with Gasteiger partial charge in [-0.15, -0.1) is 11.3 Å². The number of aromatic nitrogens is 3. The second-order valence-corrected chi connectivity index (χ2v) is 16.8. The third-order valence-corrected chi connectivity index (χ3v) is 12.2. The number of pyridine rings is 2. The monoisotopic (exact) mass is 735 g/mol. The highest BCUT2D eigenvalue weighted by molar-refractivity contribution is 7.26. The molecule has 0 amide bonds. The maximum absolute atomic E-state index is 6.94. The van der Waals surface area contributed by atoms with Gasteiger partial charge >= 0.3 is 0 Å². The van der Waals surface area contributed by atoms with Crippen LogP contribution < -0.4 is 14.5 Å². The molecule has 0 saturated heterocycles. The van der Waals surface area contributed by atoms with Gasteiger partial charge in [0.25, 0.3) is 0 Å². The van der Waals surface area contributed by atoms with Crippen LogP contribution in [0.1, 0.15) is 43.0 Å². The summed E-state index contributed by atoms with van der Waals surface area (Å²) in [5.74, 6) is 3.41. The minimum absolute atomic E-state index is 0.00630. The molecule has 4 aromatic heterocycles. The summed E-state index contributed by atoms with van der Waals surface area (Å²) in [4.78, 5) is 14.6. The average Bonchev–Trinajstić information content (AvgIpc) is 3.84. The van der Waals surface area contributed by atoms with Crippen molar-refractivity contribution in [2.75, 3.05) is 16.5 Å². The lowest BCUT2D eigenvalue weighted by molar-refractivity contribution is 0.484. The van der Waals surface area contributed by atoms with Crippen LogP contribution in [0.3, 0.4) is 0 Å². The molecule has 9 aromatic rings. The molecule has 0 aliphatic carbocycles. The fourth-order valence-corrected chi connectivity index (χ4v) is 9.73. The zero-order valence-electron chi connectivity index (χ0n) is 31.9. The van der Waals surface area contributed by atoms with E-state index in [-0.39, 0.29) is 5.41 Å². The highest BCUT2D eigenvalue weighted by atomic mass is 32.1. The summed E-state index contributed by atoms with van der Waals surface area (Å²) in [7, 11) is 0. The van der Waals surface area contributed by atoms with Crippen molar-refractivity contribution >= 4 is 76.2 Å². The van der Waals surface area contributed by atoms with Crippen LogP contribution in [0.15, 0.2) is 128 Å². The number of hydrogen-bond donors (Lipinski definition) is 0. The number of hydrogen-bond acceptors (Lipinski definition) is 6. The Morgan fingerprint density at radius 1 is 0.618 bits per heavy atom. The molecule has 0 saturated carbocycles. The number of anilines is 4. The molecule has 1 aliphatic rings. The summed E-state index contributed by atoms with van der Waals surface area (Å²) in [6.07, 6.45) is 3.82. The van der Waals surface area contributed by atoms with Crippen LogP contribution in [0.25, 0.3) is 47.8 Å². The van der Waals surface area contributed by atoms with Crippen LogP contribution in [0, 0.1) is 20.8 Å². The molecule has 0 spiro atoms. The molecule has 270 valence electrons. The lowest BCUT2D eigenvalue weighted by Crippen LogP contribution is -2.25. The number of rotatable bonds is 5. The lowest BCUT2D eigenvalue weighted by Gasteiger charge is -2.25. The second-order valence-electron chi connectivity index (χ2n) is 15.8. The average molecular weight is 736 g/mol. The largest absolute Gasteiger partial charge is 0.457 e. The Labute approximate surface area is 324 Å². The standard InChI is InChI=1S/C48H41N5OS/c1-29-22-30(2)45(31(3)23-29)52-28-51(40-15-11-20-50-47(40)52)42-27-34(25-38-37-13-8-10-16-43(37)55-46(38)42)54-33-17-18-36-35-12-7-9-14-39(35)53(41(36)26-33)44-24-32(19-21-49-44)48(4,5)6/h7-27H,28H2,1-6H3. The molecule has 1 aliphatic heterocycles. The van der Waals surface area contributed by atoms with Crippen molar-refractivity contribution in [1.82, 2.24) is 14.5 Å². The SMILES string of the molecule is Cc1cc(C)c(N2CN(c3cc(Oc4ccc5c6ccccc6n(-c6cc(C(C)(C)C)ccn6)c5c4)cc4c3sc3ccccc34)c3cccnc32)c(C)c1. The van der Waals surface area contributed by atoms with E-state index >= 15 is 0 Å². The maximum Gasteiger partial charge on any atom is 0.158 e. The van der Waals surface area contributed by atoms with E-state index in [1.807, 2.05) is 29.8 Å². The Bertz CT molecular complexity index is 2960. The van der Waals surface area contributed by atoms with E-state index in [2.05, 4.69) is 165 Å². The summed E-state index contributed by atoms with van der Waals surface area (Å²) in [6, 6.07) is 41.2. The third-order valence-electron chi connectivity index (χ3n) is 10.9. The predicted octanol–water partition coefficient (Wildman–Crippen LogP) is 13.2. The highest BCUT2D eigenvalue weighted by Gasteiger charge is 2.33. The van der Waals surface area contributed by atoms with E-state index < -0.39 is 0 Å². The number of aryl methyl sites for hydroxylation is 3. The predicted molar refractivity (Wildman–Crippen MR) is 231 cm³/mol. The second kappa shape index (κ2) is 12.4. The Morgan fingerprint density at radius 2 is 1.38 bits per heavy atom. The van der Waals surface area contributed by atoms with Crippen molar-refractivity contribution in [3.63, 3.8) is 0 Å². The number of thiophene rings is 1. The van der Waals surface area contributed by atoms with E-state index in [4.69, 9.17) is 14.7 Å². The van der Waals surface area contributed by atoms with Crippen molar-refractivity contribution in [2.24, 2.45) is 0 Å². The minimum atomic E-state index is -0.00630. The van der Waals surface area contributed by atoms with Crippen molar-refractivity contribution in [3.05, 3.63) is 150 Å². The highest BCUT2D eigenvalue weighted by Crippen LogP contribution is 2.50. The number of nitrogens with zero attached hydrogens (tertiary/aromatic N) is 5. The van der Waals surface area contributed by atoms with Gasteiger partial charge in [-0.3, -0.25) is 4.57 Å². The Hall–Kier alpha value is -6.18. The van der Waals surface area contributed by atoms with Crippen LogP contribution >= 0.6 is 11.3 Å². The first kappa shape index (κ1) is 33.4. The molecule has 10 rings (SSSR count). The topological polar surface area (TPSA) is 46.4 Å². The summed E-state index contributed by atoms with van der Waals surface area (Å²) in [5.41, 5.74) is 10.5. The minimum Gasteiger partial charge on any atom is -0.457 e. The van der Waals surface area contributed by atoms with Gasteiger partial charge in [0, 0.05) is 50.8 Å². The summed E-state index contributed by atoms with van der Waals surface area (Å²) in [6.45, 7) is 13.9. The number of benzene rings is 5. The first-order chi connectivity index (χ1) is 26.6. The molecule has 55 heavy (non-hydrogen) atoms. The third kappa shape index (κ3) is 5.44. The van der Waals surface area contributed by atoms with Crippen molar-refractivity contribution in [3.8, 4) is 17.3 Å². The molecule has 6 nitrogen and oxygen atoms in total. The van der Waals surface area contributed by atoms with E-state index in [1.54, 1.807) is 0 Å². The van der Waals surface area contributed by atoms with Gasteiger partial charge in [-0.2, -0.15) is 0 Å². The lowest BCUT2D eigenvalue weighted by atomic mass is 9.88. The normalized spacial score (nSPS) is 13.1. The molecular formula is C48H41N5OS. The molecule has 0 fully saturated rings. The van der Waals surface area contributed by atoms with Crippen LogP contribution in [-0.2, 0) is 5.41 Å². The van der Waals surface area contributed by atoms with Crippen molar-refractivity contribution in [2.45, 2.75) is 47.0 Å². The van der Waals surface area contributed by atoms with Gasteiger partial charge in [0.15, 0.2) is 5.82 Å². The molecule has 0 unspecified atom stereocenters. The van der Waals surface area contributed by atoms with Gasteiger partial charge in [-0.25, -0.2) is 9.97 Å². The van der Waals surface area contributed by atoms with Gasteiger partial charge < -0.3 is 14.5 Å². The van der Waals surface area contributed by atoms with E-state index in [1.165, 1.54) is 53.5 Å². The van der Waals surface area contributed by atoms with Crippen molar-refractivity contribution < 1.29 is 4.74 Å². The molecule has 7 heteroatoms. The van der Waals surface area contributed by atoms with Crippen LogP contribution in [-0.4, -0.2) is 21.2 Å². The molecule has 5 heterocycles. The maximum atomic E-state index is 6.94. The molecule has 0 bridgehead atoms. The Morgan fingerprint density at radius 3 is 2.20 bits per heavy atom. The quantitative estimate of drug-likeness (QED) is 0.176. The number of fused-ring (bicyclic) bond motifs is 7. The van der Waals surface area contributed by atoms with E-state index in [0.717, 1.165) is 50.9 Å². The van der Waals surface area contributed by atoms with E-state index in [0.29, 0.717) is 6.67 Å². The fourth-order valence-electron chi connectivity index (χ4n) is 8.52. The van der Waals surface area contributed by atoms with Crippen LogP contribution in [0.5, 0.6) is 11.5 Å². The first-order valence-electron chi connectivity index (χ1n) is 18.8. The van der Waals surface area contributed by atoms with Gasteiger partial charge in [0.2, 0.25) is 0 Å². The molecule has 5 aromatic carbocycles. The molecule has 0 N–H and O–H groups in total. The van der Waals surface area contributed by atoms with Crippen LogP contribution in [0.2, 0.25) is 0 Å². The summed E-state index contributed by atoms with van der Waals surface area (Å²) in [5, 5.41) is 4.75. The number of ether oxygens (including phenoxy) is 1. The summed E-state index contributed by atoms with van der Waals surface area (Å²) < 4.78 is 11.7. The first-order valence-corrected chi connectivity index (χ1v) is 19.7. The fraction of sp³-hybridized carbons (Fsp3) is 0.167. The molecular weight excluding hydrogens is 695 g/mol. The van der Waals surface area contributed by atoms with Crippen LogP contribution in [0.4, 0.5) is 22.9 Å². The Kier molecular flexibility index (Phi) is 7.55. The van der Waals surface area contributed by atoms with Gasteiger partial charge in [0.05, 0.1) is 32.8 Å². The molecule has 0 radical (unpaired) electrons. The smallest absolute Gasteiger partial charge is 0.158 e. The zero-order chi connectivity index (χ0) is 37.6. The van der Waals surface area contributed by atoms with Gasteiger partial charge in [-0.1, -0.05) is 74.9 Å². The Balaban J connectivity index is 1.13. The molecule has 0 atom stereocenters. The van der Waals surface area contributed by atoms with Gasteiger partial charge in [0.1, 0.15) is 24.0 Å². The van der Waals surface area contributed by atoms with Gasteiger partial charge in [-0.05, 0) is 97.5 Å².